The van der Waals surface area contributed by atoms with Crippen LogP contribution >= 0.6 is 0 Å². The van der Waals surface area contributed by atoms with Crippen molar-refractivity contribution in [3.63, 3.8) is 0 Å². The summed E-state index contributed by atoms with van der Waals surface area (Å²) < 4.78 is 33.3. The summed E-state index contributed by atoms with van der Waals surface area (Å²) in [6, 6.07) is 18.5. The van der Waals surface area contributed by atoms with Crippen molar-refractivity contribution in [2.24, 2.45) is 0 Å². The van der Waals surface area contributed by atoms with Gasteiger partial charge in [0, 0.05) is 30.2 Å². The Kier molecular flexibility index (Phi) is 5.24. The zero-order chi connectivity index (χ0) is 22.1. The predicted octanol–water partition coefficient (Wildman–Crippen LogP) is 4.13. The van der Waals surface area contributed by atoms with E-state index < -0.39 is 10.0 Å². The number of ether oxygens (including phenoxy) is 1. The van der Waals surface area contributed by atoms with Crippen molar-refractivity contribution in [3.05, 3.63) is 84.2 Å². The van der Waals surface area contributed by atoms with Crippen LogP contribution < -0.4 is 10.1 Å². The second-order valence-electron chi connectivity index (χ2n) is 7.58. The van der Waals surface area contributed by atoms with Gasteiger partial charge in [-0.25, -0.2) is 13.4 Å². The van der Waals surface area contributed by atoms with E-state index in [2.05, 4.69) is 15.3 Å². The van der Waals surface area contributed by atoms with Crippen LogP contribution in [-0.4, -0.2) is 36.3 Å². The van der Waals surface area contributed by atoms with Gasteiger partial charge in [-0.05, 0) is 42.3 Å². The number of nitrogens with one attached hydrogen (secondary N) is 1. The lowest BCUT2D eigenvalue weighted by molar-refractivity contribution is 0.378. The fourth-order valence-corrected chi connectivity index (χ4v) is 5.60. The fraction of sp³-hybridized carbons (Fsp3) is 0.167. The smallest absolute Gasteiger partial charge is 0.247 e. The third-order valence-corrected chi connectivity index (χ3v) is 7.54. The highest BCUT2D eigenvalue weighted by Gasteiger charge is 2.31. The second kappa shape index (κ2) is 8.22. The minimum Gasteiger partial charge on any atom is -0.495 e. The van der Waals surface area contributed by atoms with Gasteiger partial charge in [0.05, 0.1) is 24.5 Å². The maximum absolute atomic E-state index is 13.3. The molecule has 2 aromatic carbocycles. The minimum atomic E-state index is -3.69. The molecule has 0 spiro atoms. The Hall–Kier alpha value is -3.49. The normalized spacial score (nSPS) is 14.2. The van der Waals surface area contributed by atoms with Gasteiger partial charge in [-0.2, -0.15) is 4.31 Å². The molecule has 0 atom stereocenters. The van der Waals surface area contributed by atoms with E-state index in [1.807, 2.05) is 36.4 Å². The molecule has 0 aliphatic carbocycles. The van der Waals surface area contributed by atoms with E-state index in [4.69, 9.17) is 4.74 Å². The van der Waals surface area contributed by atoms with Gasteiger partial charge in [-0.1, -0.05) is 30.3 Å². The van der Waals surface area contributed by atoms with Crippen molar-refractivity contribution in [1.29, 1.82) is 0 Å². The summed E-state index contributed by atoms with van der Waals surface area (Å²) in [6.45, 7) is 0.645. The van der Waals surface area contributed by atoms with E-state index >= 15 is 0 Å². The van der Waals surface area contributed by atoms with Crippen LogP contribution in [0, 0.1) is 0 Å². The number of benzene rings is 2. The van der Waals surface area contributed by atoms with Crippen LogP contribution in [0.5, 0.6) is 5.75 Å². The van der Waals surface area contributed by atoms with E-state index in [-0.39, 0.29) is 11.4 Å². The van der Waals surface area contributed by atoms with Gasteiger partial charge < -0.3 is 10.1 Å². The SMILES string of the molecule is COc1ccccc1S(=O)(=O)N1CCc2c(ccnc2Nc2cnc3ccccc3c2)C1. The monoisotopic (exact) mass is 446 g/mol. The van der Waals surface area contributed by atoms with Gasteiger partial charge in [-0.15, -0.1) is 0 Å². The number of aromatic nitrogens is 2. The van der Waals surface area contributed by atoms with Crippen LogP contribution in [0.4, 0.5) is 11.5 Å². The molecule has 0 radical (unpaired) electrons. The van der Waals surface area contributed by atoms with Gasteiger partial charge in [-0.3, -0.25) is 4.98 Å². The van der Waals surface area contributed by atoms with Gasteiger partial charge in [0.1, 0.15) is 16.5 Å². The zero-order valence-corrected chi connectivity index (χ0v) is 18.3. The number of methoxy groups -OCH3 is 1. The maximum atomic E-state index is 13.3. The van der Waals surface area contributed by atoms with Crippen LogP contribution in [-0.2, 0) is 23.0 Å². The molecule has 32 heavy (non-hydrogen) atoms. The lowest BCUT2D eigenvalue weighted by atomic mass is 10.0. The number of nitrogens with zero attached hydrogens (tertiary/aromatic N) is 3. The van der Waals surface area contributed by atoms with E-state index in [1.165, 1.54) is 11.4 Å². The number of anilines is 2. The highest BCUT2D eigenvalue weighted by Crippen LogP contribution is 2.32. The van der Waals surface area contributed by atoms with E-state index in [9.17, 15) is 8.42 Å². The lowest BCUT2D eigenvalue weighted by Gasteiger charge is -2.29. The van der Waals surface area contributed by atoms with E-state index in [0.29, 0.717) is 18.7 Å². The number of rotatable bonds is 5. The van der Waals surface area contributed by atoms with Gasteiger partial charge in [0.2, 0.25) is 10.0 Å². The Balaban J connectivity index is 1.43. The summed E-state index contributed by atoms with van der Waals surface area (Å²) in [5, 5.41) is 4.40. The first-order chi connectivity index (χ1) is 15.6. The highest BCUT2D eigenvalue weighted by atomic mass is 32.2. The molecule has 7 nitrogen and oxygen atoms in total. The molecule has 162 valence electrons. The Labute approximate surface area is 186 Å². The molecular formula is C24H22N4O3S. The Morgan fingerprint density at radius 3 is 2.72 bits per heavy atom. The summed E-state index contributed by atoms with van der Waals surface area (Å²) in [4.78, 5) is 9.19. The highest BCUT2D eigenvalue weighted by molar-refractivity contribution is 7.89. The third kappa shape index (κ3) is 3.68. The molecule has 8 heteroatoms. The first-order valence-electron chi connectivity index (χ1n) is 10.3. The summed E-state index contributed by atoms with van der Waals surface area (Å²) in [7, 11) is -2.21. The molecule has 0 unspecified atom stereocenters. The summed E-state index contributed by atoms with van der Waals surface area (Å²) >= 11 is 0. The van der Waals surface area contributed by atoms with Crippen molar-refractivity contribution < 1.29 is 13.2 Å². The number of hydrogen-bond acceptors (Lipinski definition) is 6. The van der Waals surface area contributed by atoms with Crippen LogP contribution in [0.25, 0.3) is 10.9 Å². The van der Waals surface area contributed by atoms with E-state index in [0.717, 1.165) is 33.5 Å². The molecule has 0 saturated heterocycles. The minimum absolute atomic E-state index is 0.181. The zero-order valence-electron chi connectivity index (χ0n) is 17.5. The molecular weight excluding hydrogens is 424 g/mol. The molecule has 0 saturated carbocycles. The van der Waals surface area contributed by atoms with Crippen molar-refractivity contribution in [3.8, 4) is 5.75 Å². The van der Waals surface area contributed by atoms with Gasteiger partial charge in [0.15, 0.2) is 0 Å². The maximum Gasteiger partial charge on any atom is 0.247 e. The summed E-state index contributed by atoms with van der Waals surface area (Å²) in [6.07, 6.45) is 4.04. The molecule has 1 aliphatic rings. The topological polar surface area (TPSA) is 84.4 Å². The number of hydrogen-bond donors (Lipinski definition) is 1. The number of fused-ring (bicyclic) bond motifs is 2. The second-order valence-corrected chi connectivity index (χ2v) is 9.48. The quantitative estimate of drug-likeness (QED) is 0.496. The third-order valence-electron chi connectivity index (χ3n) is 5.65. The average molecular weight is 447 g/mol. The lowest BCUT2D eigenvalue weighted by Crippen LogP contribution is -2.36. The largest absolute Gasteiger partial charge is 0.495 e. The first-order valence-corrected chi connectivity index (χ1v) is 11.7. The Morgan fingerprint density at radius 1 is 1.03 bits per heavy atom. The summed E-state index contributed by atoms with van der Waals surface area (Å²) in [5.74, 6) is 1.08. The van der Waals surface area contributed by atoms with Gasteiger partial charge >= 0.3 is 0 Å². The van der Waals surface area contributed by atoms with Crippen LogP contribution in [0.2, 0.25) is 0 Å². The molecule has 0 fully saturated rings. The molecule has 0 amide bonds. The standard InChI is InChI=1S/C24H22N4O3S/c1-31-22-8-4-5-9-23(22)32(29,30)28-13-11-20-18(16-28)10-12-25-24(20)27-19-14-17-6-2-3-7-21(17)26-15-19/h2-10,12,14-15H,11,13,16H2,1H3,(H,25,27). The molecule has 2 aromatic heterocycles. The number of para-hydroxylation sites is 2. The van der Waals surface area contributed by atoms with Crippen molar-refractivity contribution in [1.82, 2.24) is 14.3 Å². The van der Waals surface area contributed by atoms with Crippen molar-refractivity contribution >= 4 is 32.4 Å². The van der Waals surface area contributed by atoms with E-state index in [1.54, 1.807) is 36.7 Å². The molecule has 0 bridgehead atoms. The Morgan fingerprint density at radius 2 is 1.84 bits per heavy atom. The Bertz CT molecular complexity index is 1410. The van der Waals surface area contributed by atoms with Crippen LogP contribution in [0.1, 0.15) is 11.1 Å². The average Bonchev–Trinajstić information content (AvgIpc) is 2.83. The van der Waals surface area contributed by atoms with Crippen molar-refractivity contribution in [2.75, 3.05) is 19.0 Å². The number of pyridine rings is 2. The summed E-state index contributed by atoms with van der Waals surface area (Å²) in [5.41, 5.74) is 3.72. The molecule has 1 aliphatic heterocycles. The van der Waals surface area contributed by atoms with Crippen LogP contribution in [0.3, 0.4) is 0 Å². The first kappa shape index (κ1) is 20.4. The molecule has 5 rings (SSSR count). The molecule has 3 heterocycles. The molecule has 1 N–H and O–H groups in total. The molecule has 4 aromatic rings. The number of sulfonamides is 1. The van der Waals surface area contributed by atoms with Gasteiger partial charge in [0.25, 0.3) is 0 Å². The fourth-order valence-electron chi connectivity index (χ4n) is 4.03. The van der Waals surface area contributed by atoms with Crippen molar-refractivity contribution in [2.45, 2.75) is 17.9 Å². The predicted molar refractivity (Wildman–Crippen MR) is 124 cm³/mol. The van der Waals surface area contributed by atoms with Crippen LogP contribution in [0.15, 0.2) is 78.0 Å².